The van der Waals surface area contributed by atoms with E-state index in [-0.39, 0.29) is 11.1 Å². The van der Waals surface area contributed by atoms with Gasteiger partial charge in [0.1, 0.15) is 11.7 Å². The Bertz CT molecular complexity index is 290. The van der Waals surface area contributed by atoms with Crippen molar-refractivity contribution < 1.29 is 0 Å². The molecule has 0 saturated heterocycles. The third-order valence-corrected chi connectivity index (χ3v) is 1.57. The SMILES string of the molecule is CC(C)(C)N=C1C=CC(=NC(C)(C)C)N1. The van der Waals surface area contributed by atoms with E-state index in [0.29, 0.717) is 0 Å². The van der Waals surface area contributed by atoms with Gasteiger partial charge in [-0.1, -0.05) is 0 Å². The highest BCUT2D eigenvalue weighted by atomic mass is 15.1. The van der Waals surface area contributed by atoms with Crippen molar-refractivity contribution in [2.45, 2.75) is 52.6 Å². The molecule has 0 aliphatic carbocycles. The van der Waals surface area contributed by atoms with E-state index in [4.69, 9.17) is 0 Å². The van der Waals surface area contributed by atoms with Crippen LogP contribution in [0.25, 0.3) is 0 Å². The molecule has 0 amide bonds. The minimum absolute atomic E-state index is 0.0517. The summed E-state index contributed by atoms with van der Waals surface area (Å²) in [6.45, 7) is 12.5. The van der Waals surface area contributed by atoms with Crippen LogP contribution in [0, 0.1) is 0 Å². The second-order valence-electron chi connectivity index (χ2n) is 5.79. The fourth-order valence-electron chi connectivity index (χ4n) is 1.23. The summed E-state index contributed by atoms with van der Waals surface area (Å²) < 4.78 is 0. The van der Waals surface area contributed by atoms with Crippen molar-refractivity contribution in [2.75, 3.05) is 0 Å². The van der Waals surface area contributed by atoms with Gasteiger partial charge in [-0.25, -0.2) is 0 Å². The zero-order chi connectivity index (χ0) is 11.7. The first-order valence-electron chi connectivity index (χ1n) is 5.31. The number of hydrogen-bond donors (Lipinski definition) is 1. The first-order valence-corrected chi connectivity index (χ1v) is 5.31. The summed E-state index contributed by atoms with van der Waals surface area (Å²) in [6, 6.07) is 0. The Labute approximate surface area is 92.4 Å². The smallest absolute Gasteiger partial charge is 0.127 e. The molecule has 1 rings (SSSR count). The Morgan fingerprint density at radius 3 is 1.40 bits per heavy atom. The lowest BCUT2D eigenvalue weighted by atomic mass is 10.1. The second kappa shape index (κ2) is 3.80. The van der Waals surface area contributed by atoms with Crippen molar-refractivity contribution in [1.82, 2.24) is 5.32 Å². The van der Waals surface area contributed by atoms with Crippen LogP contribution >= 0.6 is 0 Å². The summed E-state index contributed by atoms with van der Waals surface area (Å²) >= 11 is 0. The summed E-state index contributed by atoms with van der Waals surface area (Å²) in [5.74, 6) is 1.79. The normalized spacial score (nSPS) is 22.5. The van der Waals surface area contributed by atoms with Gasteiger partial charge in [0.25, 0.3) is 0 Å². The monoisotopic (exact) mass is 207 g/mol. The number of amidine groups is 2. The first-order chi connectivity index (χ1) is 6.66. The van der Waals surface area contributed by atoms with Crippen LogP contribution in [0.3, 0.4) is 0 Å². The van der Waals surface area contributed by atoms with Gasteiger partial charge in [0, 0.05) is 0 Å². The van der Waals surface area contributed by atoms with Crippen LogP contribution in [0.15, 0.2) is 22.1 Å². The third kappa shape index (κ3) is 4.77. The van der Waals surface area contributed by atoms with E-state index in [1.807, 2.05) is 12.2 Å². The van der Waals surface area contributed by atoms with Crippen LogP contribution in [-0.4, -0.2) is 22.7 Å². The first kappa shape index (κ1) is 12.0. The fraction of sp³-hybridized carbons (Fsp3) is 0.667. The van der Waals surface area contributed by atoms with Gasteiger partial charge in [0.05, 0.1) is 11.1 Å². The quantitative estimate of drug-likeness (QED) is 0.651. The maximum absolute atomic E-state index is 4.53. The highest BCUT2D eigenvalue weighted by Crippen LogP contribution is 2.10. The van der Waals surface area contributed by atoms with Crippen molar-refractivity contribution in [3.8, 4) is 0 Å². The van der Waals surface area contributed by atoms with Crippen LogP contribution in [0.2, 0.25) is 0 Å². The van der Waals surface area contributed by atoms with Gasteiger partial charge in [0.15, 0.2) is 0 Å². The minimum Gasteiger partial charge on any atom is -0.326 e. The highest BCUT2D eigenvalue weighted by molar-refractivity contribution is 6.17. The van der Waals surface area contributed by atoms with E-state index in [1.54, 1.807) is 0 Å². The molecule has 0 aromatic carbocycles. The molecule has 1 aliphatic heterocycles. The zero-order valence-electron chi connectivity index (χ0n) is 10.5. The largest absolute Gasteiger partial charge is 0.326 e. The zero-order valence-corrected chi connectivity index (χ0v) is 10.5. The van der Waals surface area contributed by atoms with Crippen molar-refractivity contribution >= 4 is 11.7 Å². The summed E-state index contributed by atoms with van der Waals surface area (Å²) in [5, 5.41) is 3.19. The van der Waals surface area contributed by atoms with Gasteiger partial charge in [-0.2, -0.15) is 0 Å². The molecule has 0 aromatic heterocycles. The number of nitrogens with one attached hydrogen (secondary N) is 1. The van der Waals surface area contributed by atoms with Gasteiger partial charge in [0.2, 0.25) is 0 Å². The lowest BCUT2D eigenvalue weighted by molar-refractivity contribution is 0.580. The van der Waals surface area contributed by atoms with Crippen LogP contribution in [-0.2, 0) is 0 Å². The molecule has 1 aliphatic rings. The van der Waals surface area contributed by atoms with E-state index < -0.39 is 0 Å². The minimum atomic E-state index is -0.0517. The Balaban J connectivity index is 2.75. The van der Waals surface area contributed by atoms with Gasteiger partial charge >= 0.3 is 0 Å². The summed E-state index contributed by atoms with van der Waals surface area (Å²) in [4.78, 5) is 9.05. The van der Waals surface area contributed by atoms with Gasteiger partial charge in [-0.05, 0) is 53.7 Å². The predicted octanol–water partition coefficient (Wildman–Crippen LogP) is 2.54. The summed E-state index contributed by atoms with van der Waals surface area (Å²) in [6.07, 6.45) is 3.94. The maximum atomic E-state index is 4.53. The Morgan fingerprint density at radius 2 is 1.13 bits per heavy atom. The molecule has 0 atom stereocenters. The standard InChI is InChI=1S/C12H21N3/c1-11(2,3)14-9-7-8-10(13-9)15-12(4,5)6/h7-8H,1-6H3,(H,13,14,15). The maximum Gasteiger partial charge on any atom is 0.127 e. The van der Waals surface area contributed by atoms with Crippen molar-refractivity contribution in [3.05, 3.63) is 12.2 Å². The van der Waals surface area contributed by atoms with Gasteiger partial charge < -0.3 is 5.32 Å². The molecule has 0 aromatic rings. The van der Waals surface area contributed by atoms with E-state index in [1.165, 1.54) is 0 Å². The average molecular weight is 207 g/mol. The number of aliphatic imine (C=N–C) groups is 2. The van der Waals surface area contributed by atoms with Crippen LogP contribution in [0.1, 0.15) is 41.5 Å². The molecular weight excluding hydrogens is 186 g/mol. The molecule has 1 N–H and O–H groups in total. The van der Waals surface area contributed by atoms with Crippen LogP contribution in [0.5, 0.6) is 0 Å². The van der Waals surface area contributed by atoms with Gasteiger partial charge in [-0.15, -0.1) is 0 Å². The molecule has 1 heterocycles. The molecule has 0 unspecified atom stereocenters. The molecule has 3 heteroatoms. The average Bonchev–Trinajstić information content (AvgIpc) is 2.28. The molecular formula is C12H21N3. The number of hydrogen-bond acceptors (Lipinski definition) is 2. The van der Waals surface area contributed by atoms with Crippen molar-refractivity contribution in [3.63, 3.8) is 0 Å². The Morgan fingerprint density at radius 1 is 0.800 bits per heavy atom. The van der Waals surface area contributed by atoms with E-state index in [0.717, 1.165) is 11.7 Å². The van der Waals surface area contributed by atoms with Crippen molar-refractivity contribution in [2.24, 2.45) is 9.98 Å². The Hall–Kier alpha value is -1.12. The summed E-state index contributed by atoms with van der Waals surface area (Å²) in [7, 11) is 0. The predicted molar refractivity (Wildman–Crippen MR) is 66.7 cm³/mol. The summed E-state index contributed by atoms with van der Waals surface area (Å²) in [5.41, 5.74) is -0.103. The second-order valence-corrected chi connectivity index (χ2v) is 5.79. The molecule has 15 heavy (non-hydrogen) atoms. The molecule has 0 fully saturated rings. The molecule has 0 saturated carbocycles. The van der Waals surface area contributed by atoms with Crippen LogP contribution in [0.4, 0.5) is 0 Å². The lowest BCUT2D eigenvalue weighted by Gasteiger charge is -2.15. The fourth-order valence-corrected chi connectivity index (χ4v) is 1.23. The third-order valence-electron chi connectivity index (χ3n) is 1.57. The van der Waals surface area contributed by atoms with E-state index >= 15 is 0 Å². The van der Waals surface area contributed by atoms with E-state index in [9.17, 15) is 0 Å². The van der Waals surface area contributed by atoms with Crippen molar-refractivity contribution in [1.29, 1.82) is 0 Å². The highest BCUT2D eigenvalue weighted by Gasteiger charge is 2.15. The van der Waals surface area contributed by atoms with Gasteiger partial charge in [-0.3, -0.25) is 9.98 Å². The molecule has 84 valence electrons. The number of nitrogens with zero attached hydrogens (tertiary/aromatic N) is 2. The molecule has 3 nitrogen and oxygen atoms in total. The topological polar surface area (TPSA) is 36.8 Å². The number of rotatable bonds is 0. The molecule has 0 radical (unpaired) electrons. The molecule has 0 bridgehead atoms. The molecule has 0 spiro atoms. The van der Waals surface area contributed by atoms with E-state index in [2.05, 4.69) is 56.8 Å². The lowest BCUT2D eigenvalue weighted by Crippen LogP contribution is -2.27. The Kier molecular flexibility index (Phi) is 3.03. The van der Waals surface area contributed by atoms with Crippen LogP contribution < -0.4 is 5.32 Å².